The summed E-state index contributed by atoms with van der Waals surface area (Å²) in [6.45, 7) is 0. The minimum Gasteiger partial charge on any atom is -0.293 e. The Bertz CT molecular complexity index is 1470. The molecule has 0 radical (unpaired) electrons. The van der Waals surface area contributed by atoms with E-state index < -0.39 is 0 Å². The van der Waals surface area contributed by atoms with Gasteiger partial charge in [-0.2, -0.15) is 0 Å². The second-order valence-corrected chi connectivity index (χ2v) is 10.2. The Kier molecular flexibility index (Phi) is 5.37. The minimum absolute atomic E-state index is 0.114. The number of H-pyrrole nitrogens is 2. The highest BCUT2D eigenvalue weighted by atomic mass is 32.1. The van der Waals surface area contributed by atoms with Gasteiger partial charge in [-0.05, 0) is 25.7 Å². The zero-order valence-electron chi connectivity index (χ0n) is 18.7. The van der Waals surface area contributed by atoms with Crippen LogP contribution in [0.25, 0.3) is 32.6 Å². The number of aromatic amines is 2. The molecule has 6 rings (SSSR count). The summed E-state index contributed by atoms with van der Waals surface area (Å²) in [5, 5.41) is 3.10. The number of nitrogens with zero attached hydrogens (tertiary/aromatic N) is 2. The lowest BCUT2D eigenvalue weighted by Gasteiger charge is -2.18. The maximum Gasteiger partial charge on any atom is 0.196 e. The molecule has 0 aliphatic heterocycles. The summed E-state index contributed by atoms with van der Waals surface area (Å²) >= 11 is 1.36. The molecule has 0 amide bonds. The summed E-state index contributed by atoms with van der Waals surface area (Å²) in [6.07, 6.45) is 11.2. The van der Waals surface area contributed by atoms with Crippen LogP contribution in [0.3, 0.4) is 0 Å². The normalized spacial score (nSPS) is 19.9. The number of hydrogen-bond acceptors (Lipinski definition) is 5. The first kappa shape index (κ1) is 20.8. The molecule has 3 aromatic carbocycles. The fourth-order valence-electron chi connectivity index (χ4n) is 5.68. The third-order valence-corrected chi connectivity index (χ3v) is 8.01. The third-order valence-electron chi connectivity index (χ3n) is 7.40. The number of hydrogen-bond donors (Lipinski definition) is 2. The SMILES string of the molecule is O=c1c2ccccc2c(=O)c2c(=NC3CCCCC3)c3[nH]s[nH]c3c(=NC3CCCCC3)c12. The molecule has 170 valence electrons. The second kappa shape index (κ2) is 8.52. The van der Waals surface area contributed by atoms with Crippen molar-refractivity contribution >= 4 is 44.3 Å². The summed E-state index contributed by atoms with van der Waals surface area (Å²) < 4.78 is 6.67. The second-order valence-electron chi connectivity index (χ2n) is 9.55. The third kappa shape index (κ3) is 3.53. The molecule has 1 aromatic heterocycles. The number of aromatic nitrogens is 2. The van der Waals surface area contributed by atoms with Crippen molar-refractivity contribution in [1.82, 2.24) is 8.75 Å². The van der Waals surface area contributed by atoms with Crippen molar-refractivity contribution in [3.05, 3.63) is 55.4 Å². The highest BCUT2D eigenvalue weighted by Crippen LogP contribution is 2.22. The molecule has 4 aromatic rings. The monoisotopic (exact) mass is 460 g/mol. The van der Waals surface area contributed by atoms with Gasteiger partial charge in [-0.3, -0.25) is 28.3 Å². The zero-order chi connectivity index (χ0) is 22.4. The molecule has 2 fully saturated rings. The molecule has 2 saturated carbocycles. The van der Waals surface area contributed by atoms with Crippen LogP contribution in [-0.4, -0.2) is 20.8 Å². The molecule has 1 heterocycles. The molecule has 33 heavy (non-hydrogen) atoms. The Hall–Kier alpha value is -2.80. The maximum atomic E-state index is 13.9. The first-order valence-corrected chi connectivity index (χ1v) is 13.1. The van der Waals surface area contributed by atoms with Gasteiger partial charge in [-0.1, -0.05) is 62.8 Å². The standard InChI is InChI=1S/C26H28N4O2S/c31-25-17-13-7-8-14-18(17)26(32)20-19(25)21(27-15-9-3-1-4-10-15)23-24(30-33-29-23)22(20)28-16-11-5-2-6-12-16/h7-8,13-16,29-30H,1-6,9-12H2. The van der Waals surface area contributed by atoms with Gasteiger partial charge in [0.05, 0.1) is 33.6 Å². The van der Waals surface area contributed by atoms with E-state index >= 15 is 0 Å². The van der Waals surface area contributed by atoms with Crippen LogP contribution in [0.1, 0.15) is 64.2 Å². The van der Waals surface area contributed by atoms with Gasteiger partial charge in [0.1, 0.15) is 11.0 Å². The van der Waals surface area contributed by atoms with E-state index in [1.807, 2.05) is 12.1 Å². The fraction of sp³-hybridized carbons (Fsp3) is 0.462. The lowest BCUT2D eigenvalue weighted by atomic mass is 9.95. The average Bonchev–Trinajstić information content (AvgIpc) is 3.35. The van der Waals surface area contributed by atoms with E-state index in [1.54, 1.807) is 12.1 Å². The molecule has 2 N–H and O–H groups in total. The smallest absolute Gasteiger partial charge is 0.196 e. The summed E-state index contributed by atoms with van der Waals surface area (Å²) in [5.41, 5.74) is 1.38. The molecule has 0 unspecified atom stereocenters. The summed E-state index contributed by atoms with van der Waals surface area (Å²) in [7, 11) is 0. The molecule has 0 atom stereocenters. The van der Waals surface area contributed by atoms with Crippen LogP contribution in [0.5, 0.6) is 0 Å². The topological polar surface area (TPSA) is 90.4 Å². The molecule has 6 nitrogen and oxygen atoms in total. The lowest BCUT2D eigenvalue weighted by Crippen LogP contribution is -2.30. The minimum atomic E-state index is -0.114. The Morgan fingerprint density at radius 2 is 1.09 bits per heavy atom. The van der Waals surface area contributed by atoms with Crippen molar-refractivity contribution in [1.29, 1.82) is 0 Å². The van der Waals surface area contributed by atoms with Gasteiger partial charge in [0, 0.05) is 22.5 Å². The van der Waals surface area contributed by atoms with E-state index in [0.29, 0.717) is 32.3 Å². The fourth-order valence-corrected chi connectivity index (χ4v) is 6.34. The van der Waals surface area contributed by atoms with Crippen molar-refractivity contribution in [2.24, 2.45) is 9.98 Å². The van der Waals surface area contributed by atoms with Crippen molar-refractivity contribution < 1.29 is 0 Å². The Morgan fingerprint density at radius 1 is 0.667 bits per heavy atom. The molecular weight excluding hydrogens is 432 g/mol. The first-order valence-electron chi connectivity index (χ1n) is 12.2. The summed E-state index contributed by atoms with van der Waals surface area (Å²) in [5.74, 6) is 0. The van der Waals surface area contributed by atoms with Crippen LogP contribution in [0.15, 0.2) is 43.8 Å². The van der Waals surface area contributed by atoms with Gasteiger partial charge in [0.15, 0.2) is 10.9 Å². The van der Waals surface area contributed by atoms with Crippen molar-refractivity contribution in [3.63, 3.8) is 0 Å². The van der Waals surface area contributed by atoms with E-state index in [4.69, 9.17) is 9.98 Å². The molecule has 7 heteroatoms. The number of benzene rings is 3. The van der Waals surface area contributed by atoms with Gasteiger partial charge in [-0.15, -0.1) is 0 Å². The lowest BCUT2D eigenvalue weighted by molar-refractivity contribution is 0.437. The van der Waals surface area contributed by atoms with Crippen LogP contribution < -0.4 is 21.6 Å². The van der Waals surface area contributed by atoms with Crippen LogP contribution >= 0.6 is 11.7 Å². The molecule has 0 spiro atoms. The molecule has 0 saturated heterocycles. The zero-order valence-corrected chi connectivity index (χ0v) is 19.5. The largest absolute Gasteiger partial charge is 0.293 e. The van der Waals surface area contributed by atoms with Gasteiger partial charge >= 0.3 is 0 Å². The summed E-state index contributed by atoms with van der Waals surface area (Å²) in [4.78, 5) is 37.9. The van der Waals surface area contributed by atoms with E-state index in [0.717, 1.165) is 62.4 Å². The van der Waals surface area contributed by atoms with E-state index in [9.17, 15) is 9.59 Å². The van der Waals surface area contributed by atoms with Crippen molar-refractivity contribution in [2.45, 2.75) is 76.3 Å². The predicted octanol–water partition coefficient (Wildman–Crippen LogP) is 4.49. The predicted molar refractivity (Wildman–Crippen MR) is 134 cm³/mol. The van der Waals surface area contributed by atoms with Crippen LogP contribution in [-0.2, 0) is 0 Å². The first-order chi connectivity index (χ1) is 16.2. The van der Waals surface area contributed by atoms with E-state index in [2.05, 4.69) is 8.75 Å². The molecular formula is C26H28N4O2S. The number of rotatable bonds is 2. The Balaban J connectivity index is 1.81. The van der Waals surface area contributed by atoms with Gasteiger partial charge in [-0.25, -0.2) is 0 Å². The number of fused-ring (bicyclic) bond motifs is 3. The highest BCUT2D eigenvalue weighted by Gasteiger charge is 2.21. The Morgan fingerprint density at radius 3 is 1.52 bits per heavy atom. The molecule has 2 aliphatic carbocycles. The number of nitrogens with one attached hydrogen (secondary N) is 2. The van der Waals surface area contributed by atoms with Gasteiger partial charge in [0.2, 0.25) is 0 Å². The van der Waals surface area contributed by atoms with Crippen LogP contribution in [0.4, 0.5) is 0 Å². The van der Waals surface area contributed by atoms with Crippen molar-refractivity contribution in [3.8, 4) is 0 Å². The van der Waals surface area contributed by atoms with Crippen molar-refractivity contribution in [2.75, 3.05) is 0 Å². The highest BCUT2D eigenvalue weighted by molar-refractivity contribution is 7.00. The van der Waals surface area contributed by atoms with Crippen LogP contribution in [0.2, 0.25) is 0 Å². The quantitative estimate of drug-likeness (QED) is 0.432. The average molecular weight is 461 g/mol. The van der Waals surface area contributed by atoms with Gasteiger partial charge in [0.25, 0.3) is 0 Å². The van der Waals surface area contributed by atoms with Gasteiger partial charge < -0.3 is 0 Å². The Labute approximate surface area is 194 Å². The molecule has 2 aliphatic rings. The molecule has 0 bridgehead atoms. The summed E-state index contributed by atoms with van der Waals surface area (Å²) in [6, 6.07) is 7.52. The van der Waals surface area contributed by atoms with E-state index in [-0.39, 0.29) is 22.9 Å². The maximum absolute atomic E-state index is 13.9. The van der Waals surface area contributed by atoms with Crippen LogP contribution in [0, 0.1) is 0 Å². The van der Waals surface area contributed by atoms with E-state index in [1.165, 1.54) is 24.6 Å².